The average Bonchev–Trinajstić information content (AvgIpc) is 3.17. The van der Waals surface area contributed by atoms with Crippen molar-refractivity contribution >= 4 is 0 Å². The van der Waals surface area contributed by atoms with Crippen molar-refractivity contribution in [1.82, 2.24) is 15.2 Å². The van der Waals surface area contributed by atoms with Crippen LogP contribution in [-0.4, -0.2) is 34.6 Å². The molecule has 2 aliphatic rings. The number of oxazole rings is 1. The van der Waals surface area contributed by atoms with Gasteiger partial charge in [-0.3, -0.25) is 4.90 Å². The lowest BCUT2D eigenvalue weighted by Crippen LogP contribution is -2.49. The van der Waals surface area contributed by atoms with Gasteiger partial charge in [0.05, 0.1) is 12.2 Å². The molecule has 3 rings (SSSR count). The minimum absolute atomic E-state index is 0.451. The number of aromatic nitrogens is 1. The summed E-state index contributed by atoms with van der Waals surface area (Å²) >= 11 is 0. The third kappa shape index (κ3) is 3.38. The molecule has 4 heteroatoms. The van der Waals surface area contributed by atoms with Crippen molar-refractivity contribution in [1.29, 1.82) is 0 Å². The van der Waals surface area contributed by atoms with Crippen LogP contribution < -0.4 is 5.32 Å². The van der Waals surface area contributed by atoms with E-state index in [1.807, 2.05) is 6.92 Å². The summed E-state index contributed by atoms with van der Waals surface area (Å²) in [4.78, 5) is 7.19. The van der Waals surface area contributed by atoms with Crippen LogP contribution in [0.2, 0.25) is 0 Å². The maximum Gasteiger partial charge on any atom is 0.194 e. The Balaban J connectivity index is 1.48. The summed E-state index contributed by atoms with van der Waals surface area (Å²) < 4.78 is 5.80. The van der Waals surface area contributed by atoms with Gasteiger partial charge in [-0.15, -0.1) is 0 Å². The van der Waals surface area contributed by atoms with Crippen LogP contribution in [0.4, 0.5) is 0 Å². The van der Waals surface area contributed by atoms with Gasteiger partial charge in [-0.25, -0.2) is 4.98 Å². The van der Waals surface area contributed by atoms with Crippen LogP contribution in [0.3, 0.4) is 0 Å². The van der Waals surface area contributed by atoms with Crippen LogP contribution in [0, 0.1) is 6.92 Å². The van der Waals surface area contributed by atoms with Gasteiger partial charge in [0.15, 0.2) is 5.89 Å². The maximum absolute atomic E-state index is 5.80. The lowest BCUT2D eigenvalue weighted by Gasteiger charge is -2.44. The Morgan fingerprint density at radius 2 is 1.95 bits per heavy atom. The minimum atomic E-state index is 0.451. The topological polar surface area (TPSA) is 41.3 Å². The lowest BCUT2D eigenvalue weighted by molar-refractivity contribution is 0.0791. The van der Waals surface area contributed by atoms with E-state index in [1.54, 1.807) is 0 Å². The molecule has 0 amide bonds. The number of nitrogens with zero attached hydrogens (tertiary/aromatic N) is 2. The Bertz CT molecular complexity index is 483. The van der Waals surface area contributed by atoms with Crippen molar-refractivity contribution in [3.05, 3.63) is 17.3 Å². The number of likely N-dealkylation sites (tertiary alicyclic amines) is 1. The molecular weight excluding hydrogens is 274 g/mol. The molecule has 0 spiro atoms. The van der Waals surface area contributed by atoms with Crippen LogP contribution >= 0.6 is 0 Å². The number of hydrogen-bond donors (Lipinski definition) is 1. The van der Waals surface area contributed by atoms with Gasteiger partial charge in [0, 0.05) is 18.0 Å². The molecule has 0 bridgehead atoms. The number of rotatable bonds is 5. The van der Waals surface area contributed by atoms with E-state index < -0.39 is 0 Å². The predicted molar refractivity (Wildman–Crippen MR) is 88.9 cm³/mol. The fourth-order valence-electron chi connectivity index (χ4n) is 4.06. The van der Waals surface area contributed by atoms with Crippen LogP contribution in [0.15, 0.2) is 4.42 Å². The first kappa shape index (κ1) is 16.0. The van der Waals surface area contributed by atoms with Crippen molar-refractivity contribution < 1.29 is 4.42 Å². The van der Waals surface area contributed by atoms with E-state index in [0.717, 1.165) is 30.3 Å². The Morgan fingerprint density at radius 3 is 2.55 bits per heavy atom. The highest BCUT2D eigenvalue weighted by atomic mass is 16.4. The van der Waals surface area contributed by atoms with E-state index in [0.29, 0.717) is 11.6 Å². The Morgan fingerprint density at radius 1 is 1.27 bits per heavy atom. The Hall–Kier alpha value is -0.870. The minimum Gasteiger partial charge on any atom is -0.444 e. The Labute approximate surface area is 134 Å². The van der Waals surface area contributed by atoms with E-state index >= 15 is 0 Å². The van der Waals surface area contributed by atoms with E-state index in [-0.39, 0.29) is 0 Å². The van der Waals surface area contributed by atoms with Crippen LogP contribution in [0.1, 0.15) is 69.7 Å². The molecule has 0 unspecified atom stereocenters. The molecule has 1 N–H and O–H groups in total. The first-order valence-corrected chi connectivity index (χ1v) is 9.04. The van der Waals surface area contributed by atoms with Gasteiger partial charge in [-0.1, -0.05) is 6.92 Å². The highest BCUT2D eigenvalue weighted by Gasteiger charge is 2.37. The number of nitrogens with one attached hydrogen (secondary N) is 1. The molecule has 0 aromatic carbocycles. The largest absolute Gasteiger partial charge is 0.444 e. The van der Waals surface area contributed by atoms with Crippen LogP contribution in [0.25, 0.3) is 0 Å². The second-order valence-electron chi connectivity index (χ2n) is 7.32. The van der Waals surface area contributed by atoms with E-state index in [4.69, 9.17) is 4.42 Å². The molecular formula is C18H31N3O. The van der Waals surface area contributed by atoms with Crippen molar-refractivity contribution in [3.63, 3.8) is 0 Å². The summed E-state index contributed by atoms with van der Waals surface area (Å²) in [6.07, 6.45) is 8.85. The van der Waals surface area contributed by atoms with E-state index in [1.165, 1.54) is 51.6 Å². The first-order chi connectivity index (χ1) is 10.6. The molecule has 2 heterocycles. The monoisotopic (exact) mass is 305 g/mol. The smallest absolute Gasteiger partial charge is 0.194 e. The fourth-order valence-corrected chi connectivity index (χ4v) is 4.06. The second-order valence-corrected chi connectivity index (χ2v) is 7.32. The molecule has 1 aliphatic carbocycles. The summed E-state index contributed by atoms with van der Waals surface area (Å²) in [6, 6.07) is 0.630. The average molecular weight is 305 g/mol. The highest BCUT2D eigenvalue weighted by molar-refractivity contribution is 5.08. The third-order valence-corrected chi connectivity index (χ3v) is 5.72. The van der Waals surface area contributed by atoms with E-state index in [9.17, 15) is 0 Å². The van der Waals surface area contributed by atoms with Crippen LogP contribution in [0.5, 0.6) is 0 Å². The maximum atomic E-state index is 5.80. The molecule has 2 fully saturated rings. The summed E-state index contributed by atoms with van der Waals surface area (Å²) in [5.41, 5.74) is 1.49. The summed E-state index contributed by atoms with van der Waals surface area (Å²) in [5.74, 6) is 1.88. The zero-order valence-corrected chi connectivity index (χ0v) is 14.5. The molecule has 1 aliphatic heterocycles. The standard InChI is InChI=1S/C18H31N3O/c1-4-17-20-14(2)16(22-17)13-19-15-7-9-18(3,10-8-15)21-11-5-6-12-21/h15,19H,4-13H2,1-3H3. The van der Waals surface area contributed by atoms with Gasteiger partial charge in [-0.2, -0.15) is 0 Å². The number of aryl methyl sites for hydroxylation is 2. The van der Waals surface area contributed by atoms with Crippen molar-refractivity contribution in [2.45, 2.75) is 83.8 Å². The van der Waals surface area contributed by atoms with Gasteiger partial charge in [-0.05, 0) is 65.5 Å². The molecule has 1 aromatic rings. The normalized spacial score (nSPS) is 30.0. The van der Waals surface area contributed by atoms with Gasteiger partial charge >= 0.3 is 0 Å². The quantitative estimate of drug-likeness (QED) is 0.905. The molecule has 0 radical (unpaired) electrons. The molecule has 1 saturated heterocycles. The molecule has 124 valence electrons. The second kappa shape index (κ2) is 6.71. The van der Waals surface area contributed by atoms with Crippen molar-refractivity contribution in [2.75, 3.05) is 13.1 Å². The van der Waals surface area contributed by atoms with Crippen molar-refractivity contribution in [3.8, 4) is 0 Å². The Kier molecular flexibility index (Phi) is 4.88. The van der Waals surface area contributed by atoms with Gasteiger partial charge < -0.3 is 9.73 Å². The van der Waals surface area contributed by atoms with Gasteiger partial charge in [0.25, 0.3) is 0 Å². The highest BCUT2D eigenvalue weighted by Crippen LogP contribution is 2.35. The molecule has 22 heavy (non-hydrogen) atoms. The first-order valence-electron chi connectivity index (χ1n) is 9.04. The van der Waals surface area contributed by atoms with Gasteiger partial charge in [0.1, 0.15) is 5.76 Å². The summed E-state index contributed by atoms with van der Waals surface area (Å²) in [6.45, 7) is 10.1. The van der Waals surface area contributed by atoms with Crippen molar-refractivity contribution in [2.24, 2.45) is 0 Å². The predicted octanol–water partition coefficient (Wildman–Crippen LogP) is 3.43. The molecule has 0 atom stereocenters. The number of hydrogen-bond acceptors (Lipinski definition) is 4. The molecule has 4 nitrogen and oxygen atoms in total. The van der Waals surface area contributed by atoms with Gasteiger partial charge in [0.2, 0.25) is 0 Å². The zero-order chi connectivity index (χ0) is 15.6. The fraction of sp³-hybridized carbons (Fsp3) is 0.833. The summed E-state index contributed by atoms with van der Waals surface area (Å²) in [7, 11) is 0. The SMILES string of the molecule is CCc1nc(C)c(CNC2CCC(C)(N3CCCC3)CC2)o1. The van der Waals surface area contributed by atoms with E-state index in [2.05, 4.69) is 29.0 Å². The zero-order valence-electron chi connectivity index (χ0n) is 14.5. The lowest BCUT2D eigenvalue weighted by atomic mass is 9.79. The molecule has 1 saturated carbocycles. The molecule has 1 aromatic heterocycles. The summed E-state index contributed by atoms with van der Waals surface area (Å²) in [5, 5.41) is 3.69. The van der Waals surface area contributed by atoms with Crippen LogP contribution in [-0.2, 0) is 13.0 Å². The third-order valence-electron chi connectivity index (χ3n) is 5.72.